The van der Waals surface area contributed by atoms with E-state index >= 15 is 0 Å². The molecule has 3 rings (SSSR count). The Kier molecular flexibility index (Phi) is 2.71. The number of fused-ring (bicyclic) bond motifs is 3. The van der Waals surface area contributed by atoms with Crippen molar-refractivity contribution in [3.8, 4) is 0 Å². The SMILES string of the molecule is CC(C)[C@H]1C(=O)N2CCC[C@H]2[C@]2(O)O[C@@](C)(N)C(=O)N12. The van der Waals surface area contributed by atoms with Gasteiger partial charge in [-0.3, -0.25) is 20.2 Å². The topological polar surface area (TPSA) is 96.1 Å². The third-order valence-electron chi connectivity index (χ3n) is 4.48. The van der Waals surface area contributed by atoms with E-state index in [-0.39, 0.29) is 11.8 Å². The number of nitrogens with zero attached hydrogens (tertiary/aromatic N) is 2. The van der Waals surface area contributed by atoms with Crippen molar-refractivity contribution in [3.05, 3.63) is 0 Å². The zero-order valence-electron chi connectivity index (χ0n) is 12.0. The molecule has 3 saturated heterocycles. The lowest BCUT2D eigenvalue weighted by Crippen LogP contribution is -2.72. The quantitative estimate of drug-likeness (QED) is 0.656. The van der Waals surface area contributed by atoms with Crippen LogP contribution >= 0.6 is 0 Å². The molecule has 0 bridgehead atoms. The minimum atomic E-state index is -1.81. The number of hydrogen-bond donors (Lipinski definition) is 2. The first kappa shape index (κ1) is 13.8. The zero-order chi connectivity index (χ0) is 14.9. The fourth-order valence-electron chi connectivity index (χ4n) is 3.63. The van der Waals surface area contributed by atoms with Crippen LogP contribution in [0.1, 0.15) is 33.6 Å². The van der Waals surface area contributed by atoms with E-state index in [1.54, 1.807) is 4.90 Å². The first-order valence-electron chi connectivity index (χ1n) is 7.06. The van der Waals surface area contributed by atoms with Gasteiger partial charge >= 0.3 is 0 Å². The van der Waals surface area contributed by atoms with Gasteiger partial charge in [-0.2, -0.15) is 0 Å². The molecule has 0 aliphatic carbocycles. The number of amides is 2. The molecular formula is C13H21N3O4. The summed E-state index contributed by atoms with van der Waals surface area (Å²) >= 11 is 0. The monoisotopic (exact) mass is 283 g/mol. The molecule has 20 heavy (non-hydrogen) atoms. The second kappa shape index (κ2) is 3.93. The molecular weight excluding hydrogens is 262 g/mol. The molecule has 0 saturated carbocycles. The van der Waals surface area contributed by atoms with Gasteiger partial charge in [-0.15, -0.1) is 0 Å². The van der Waals surface area contributed by atoms with Gasteiger partial charge in [-0.05, 0) is 25.7 Å². The zero-order valence-corrected chi connectivity index (χ0v) is 12.0. The number of hydrogen-bond acceptors (Lipinski definition) is 5. The van der Waals surface area contributed by atoms with Gasteiger partial charge in [-0.25, -0.2) is 0 Å². The van der Waals surface area contributed by atoms with Crippen molar-refractivity contribution in [2.24, 2.45) is 11.7 Å². The Morgan fingerprint density at radius 3 is 2.70 bits per heavy atom. The van der Waals surface area contributed by atoms with Gasteiger partial charge in [0.2, 0.25) is 5.91 Å². The van der Waals surface area contributed by atoms with E-state index in [4.69, 9.17) is 10.5 Å². The van der Waals surface area contributed by atoms with Crippen LogP contribution in [0.2, 0.25) is 0 Å². The van der Waals surface area contributed by atoms with Gasteiger partial charge in [-0.1, -0.05) is 13.8 Å². The first-order valence-corrected chi connectivity index (χ1v) is 7.06. The van der Waals surface area contributed by atoms with Crippen LogP contribution in [-0.2, 0) is 14.3 Å². The second-order valence-corrected chi connectivity index (χ2v) is 6.42. The van der Waals surface area contributed by atoms with Crippen molar-refractivity contribution >= 4 is 11.8 Å². The number of aliphatic hydroxyl groups is 1. The summed E-state index contributed by atoms with van der Waals surface area (Å²) < 4.78 is 5.51. The number of nitrogens with two attached hydrogens (primary N) is 1. The Morgan fingerprint density at radius 1 is 1.45 bits per heavy atom. The van der Waals surface area contributed by atoms with E-state index in [0.29, 0.717) is 13.0 Å². The summed E-state index contributed by atoms with van der Waals surface area (Å²) in [5, 5.41) is 10.9. The molecule has 0 aromatic carbocycles. The van der Waals surface area contributed by atoms with Crippen LogP contribution in [0.5, 0.6) is 0 Å². The summed E-state index contributed by atoms with van der Waals surface area (Å²) in [6, 6.07) is -1.26. The van der Waals surface area contributed by atoms with Gasteiger partial charge in [0.25, 0.3) is 11.8 Å². The van der Waals surface area contributed by atoms with Crippen molar-refractivity contribution in [1.29, 1.82) is 0 Å². The fourth-order valence-corrected chi connectivity index (χ4v) is 3.63. The van der Waals surface area contributed by atoms with E-state index in [2.05, 4.69) is 0 Å². The maximum atomic E-state index is 12.6. The predicted molar refractivity (Wildman–Crippen MR) is 68.8 cm³/mol. The van der Waals surface area contributed by atoms with Gasteiger partial charge in [0.1, 0.15) is 12.1 Å². The van der Waals surface area contributed by atoms with Crippen molar-refractivity contribution in [2.75, 3.05) is 6.54 Å². The molecule has 0 radical (unpaired) electrons. The molecule has 3 aliphatic heterocycles. The van der Waals surface area contributed by atoms with Gasteiger partial charge in [0.15, 0.2) is 5.72 Å². The normalized spacial score (nSPS) is 44.3. The molecule has 3 heterocycles. The van der Waals surface area contributed by atoms with Crippen LogP contribution in [-0.4, -0.2) is 57.0 Å². The molecule has 0 spiro atoms. The third kappa shape index (κ3) is 1.51. The standard InChI is InChI=1S/C13H21N3O4/c1-7(2)9-10(17)15-6-4-5-8(15)13(19)16(9)11(18)12(3,14)20-13/h7-9,19H,4-6,14H2,1-3H3/t8-,9-,12+,13-/m0/s1. The van der Waals surface area contributed by atoms with Gasteiger partial charge in [0, 0.05) is 6.54 Å². The Morgan fingerprint density at radius 2 is 2.10 bits per heavy atom. The van der Waals surface area contributed by atoms with Crippen LogP contribution < -0.4 is 5.73 Å². The van der Waals surface area contributed by atoms with Crippen LogP contribution in [0.15, 0.2) is 0 Å². The number of ether oxygens (including phenoxy) is 1. The summed E-state index contributed by atoms with van der Waals surface area (Å²) in [6.45, 7) is 5.70. The lowest BCUT2D eigenvalue weighted by Gasteiger charge is -2.49. The van der Waals surface area contributed by atoms with E-state index in [1.165, 1.54) is 11.8 Å². The average molecular weight is 283 g/mol. The summed E-state index contributed by atoms with van der Waals surface area (Å²) in [5.74, 6) is -2.59. The molecule has 3 fully saturated rings. The molecule has 7 heteroatoms. The Hall–Kier alpha value is -1.18. The maximum absolute atomic E-state index is 12.6. The highest BCUT2D eigenvalue weighted by Crippen LogP contribution is 2.45. The van der Waals surface area contributed by atoms with Crippen LogP contribution in [0.4, 0.5) is 0 Å². The van der Waals surface area contributed by atoms with E-state index in [9.17, 15) is 14.7 Å². The highest BCUT2D eigenvalue weighted by molar-refractivity contribution is 5.94. The van der Waals surface area contributed by atoms with Crippen molar-refractivity contribution in [1.82, 2.24) is 9.80 Å². The molecule has 0 unspecified atom stereocenters. The third-order valence-corrected chi connectivity index (χ3v) is 4.48. The number of carbonyl (C=O) groups excluding carboxylic acids is 2. The van der Waals surface area contributed by atoms with Crippen LogP contribution in [0.3, 0.4) is 0 Å². The molecule has 7 nitrogen and oxygen atoms in total. The van der Waals surface area contributed by atoms with Gasteiger partial charge in [0.05, 0.1) is 0 Å². The smallest absolute Gasteiger partial charge is 0.275 e. The van der Waals surface area contributed by atoms with Crippen molar-refractivity contribution < 1.29 is 19.4 Å². The predicted octanol–water partition coefficient (Wildman–Crippen LogP) is -0.805. The molecule has 0 aromatic rings. The molecule has 112 valence electrons. The second-order valence-electron chi connectivity index (χ2n) is 6.42. The minimum absolute atomic E-state index is 0.123. The van der Waals surface area contributed by atoms with Crippen LogP contribution in [0, 0.1) is 5.92 Å². The molecule has 0 aromatic heterocycles. The first-order chi connectivity index (χ1) is 9.20. The Bertz CT molecular complexity index is 478. The molecule has 2 amide bonds. The van der Waals surface area contributed by atoms with E-state index in [1.807, 2.05) is 13.8 Å². The Balaban J connectivity index is 2.12. The van der Waals surface area contributed by atoms with Crippen molar-refractivity contribution in [2.45, 2.75) is 57.3 Å². The minimum Gasteiger partial charge on any atom is -0.347 e. The molecule has 3 N–H and O–H groups in total. The summed E-state index contributed by atoms with van der Waals surface area (Å²) in [4.78, 5) is 27.9. The number of piperazine rings is 1. The van der Waals surface area contributed by atoms with Crippen LogP contribution in [0.25, 0.3) is 0 Å². The lowest BCUT2D eigenvalue weighted by atomic mass is 9.94. The largest absolute Gasteiger partial charge is 0.347 e. The average Bonchev–Trinajstić information content (AvgIpc) is 2.87. The summed E-state index contributed by atoms with van der Waals surface area (Å²) in [7, 11) is 0. The molecule has 4 atom stereocenters. The highest BCUT2D eigenvalue weighted by Gasteiger charge is 2.68. The summed E-state index contributed by atoms with van der Waals surface area (Å²) in [6.07, 6.45) is 1.39. The summed E-state index contributed by atoms with van der Waals surface area (Å²) in [5.41, 5.74) is 4.26. The highest BCUT2D eigenvalue weighted by atomic mass is 16.7. The number of rotatable bonds is 1. The van der Waals surface area contributed by atoms with E-state index in [0.717, 1.165) is 6.42 Å². The molecule has 3 aliphatic rings. The lowest BCUT2D eigenvalue weighted by molar-refractivity contribution is -0.314. The Labute approximate surface area is 117 Å². The number of carbonyl (C=O) groups is 2. The van der Waals surface area contributed by atoms with Gasteiger partial charge < -0.3 is 14.7 Å². The maximum Gasteiger partial charge on any atom is 0.275 e. The van der Waals surface area contributed by atoms with E-state index < -0.39 is 29.6 Å². The van der Waals surface area contributed by atoms with Crippen molar-refractivity contribution in [3.63, 3.8) is 0 Å². The fraction of sp³-hybridized carbons (Fsp3) is 0.846.